The Balaban J connectivity index is 2.44. The van der Waals surface area contributed by atoms with Crippen LogP contribution >= 0.6 is 12.2 Å². The monoisotopic (exact) mass is 464 g/mol. The topological polar surface area (TPSA) is 125 Å². The maximum atomic E-state index is 13.5. The summed E-state index contributed by atoms with van der Waals surface area (Å²) in [4.78, 5) is 21.6. The zero-order valence-electron chi connectivity index (χ0n) is 18.6. The summed E-state index contributed by atoms with van der Waals surface area (Å²) in [7, 11) is 3.15. The van der Waals surface area contributed by atoms with E-state index in [1.165, 1.54) is 12.5 Å². The van der Waals surface area contributed by atoms with Crippen LogP contribution in [0, 0.1) is 5.41 Å². The molecule has 0 saturated carbocycles. The Bertz CT molecular complexity index is 1050. The van der Waals surface area contributed by atoms with Crippen molar-refractivity contribution < 1.29 is 9.53 Å². The van der Waals surface area contributed by atoms with Crippen LogP contribution in [0.1, 0.15) is 6.42 Å². The summed E-state index contributed by atoms with van der Waals surface area (Å²) in [5, 5.41) is 16.3. The van der Waals surface area contributed by atoms with Crippen molar-refractivity contribution in [1.29, 1.82) is 5.41 Å². The van der Waals surface area contributed by atoms with E-state index in [4.69, 9.17) is 28.1 Å². The van der Waals surface area contributed by atoms with Gasteiger partial charge in [-0.3, -0.25) is 14.8 Å². The Morgan fingerprint density at radius 1 is 1.48 bits per heavy atom. The van der Waals surface area contributed by atoms with Gasteiger partial charge in [-0.05, 0) is 23.9 Å². The molecule has 0 aliphatic carbocycles. The van der Waals surface area contributed by atoms with Gasteiger partial charge < -0.3 is 26.5 Å². The number of ether oxygens (including phenoxy) is 1. The lowest BCUT2D eigenvalue weighted by Crippen LogP contribution is -2.43. The molecule has 0 saturated heterocycles. The number of pyridine rings is 1. The van der Waals surface area contributed by atoms with E-state index in [1.54, 1.807) is 50.1 Å². The van der Waals surface area contributed by atoms with Crippen LogP contribution in [0.4, 0.5) is 5.69 Å². The first-order valence-electron chi connectivity index (χ1n) is 10.1. The average molecular weight is 465 g/mol. The number of rotatable bonds is 12. The molecular formula is C24H28N6O2S. The number of carbonyl (C=O) groups excluding carboxylic acids is 1. The highest BCUT2D eigenvalue weighted by atomic mass is 32.1. The highest BCUT2D eigenvalue weighted by Crippen LogP contribution is 2.20. The number of aromatic nitrogens is 1. The highest BCUT2D eigenvalue weighted by Gasteiger charge is 2.28. The first-order valence-corrected chi connectivity index (χ1v) is 10.6. The normalized spacial score (nSPS) is 17.0. The van der Waals surface area contributed by atoms with Gasteiger partial charge in [-0.1, -0.05) is 37.0 Å². The third-order valence-corrected chi connectivity index (χ3v) is 5.01. The predicted molar refractivity (Wildman–Crippen MR) is 138 cm³/mol. The third-order valence-electron chi connectivity index (χ3n) is 4.78. The zero-order chi connectivity index (χ0) is 24.2. The second-order valence-electron chi connectivity index (χ2n) is 6.98. The van der Waals surface area contributed by atoms with E-state index in [0.29, 0.717) is 22.6 Å². The molecule has 0 amide bonds. The number of ketones is 1. The largest absolute Gasteiger partial charge is 0.495 e. The number of allylic oxidation sites excluding steroid dienone is 6. The van der Waals surface area contributed by atoms with Crippen molar-refractivity contribution >= 4 is 41.0 Å². The molecule has 1 aromatic heterocycles. The molecular weight excluding hydrogens is 436 g/mol. The molecule has 5 N–H and O–H groups in total. The molecule has 1 aromatic rings. The second kappa shape index (κ2) is 12.9. The number of nitrogens with two attached hydrogens (primary N) is 1. The molecule has 33 heavy (non-hydrogen) atoms. The average Bonchev–Trinajstić information content (AvgIpc) is 2.85. The summed E-state index contributed by atoms with van der Waals surface area (Å²) in [5.41, 5.74) is 7.75. The Morgan fingerprint density at radius 3 is 2.88 bits per heavy atom. The number of methoxy groups -OCH3 is 1. The number of nitrogens with zero attached hydrogens (tertiary/aromatic N) is 2. The molecule has 2 heterocycles. The van der Waals surface area contributed by atoms with Crippen LogP contribution in [-0.4, -0.2) is 54.3 Å². The summed E-state index contributed by atoms with van der Waals surface area (Å²) < 4.78 is 5.21. The van der Waals surface area contributed by atoms with Crippen molar-refractivity contribution in [3.05, 3.63) is 78.5 Å². The van der Waals surface area contributed by atoms with Gasteiger partial charge in [0.1, 0.15) is 11.8 Å². The predicted octanol–water partition coefficient (Wildman–Crippen LogP) is 2.92. The molecule has 9 heteroatoms. The van der Waals surface area contributed by atoms with Gasteiger partial charge in [-0.25, -0.2) is 0 Å². The van der Waals surface area contributed by atoms with Crippen molar-refractivity contribution in [2.45, 2.75) is 18.5 Å². The molecule has 0 fully saturated rings. The fourth-order valence-corrected chi connectivity index (χ4v) is 3.32. The molecule has 1 aliphatic rings. The number of carbonyl (C=O) groups is 1. The van der Waals surface area contributed by atoms with E-state index < -0.39 is 11.8 Å². The summed E-state index contributed by atoms with van der Waals surface area (Å²) in [6.45, 7) is 3.77. The van der Waals surface area contributed by atoms with Gasteiger partial charge in [0.2, 0.25) is 5.78 Å². The van der Waals surface area contributed by atoms with E-state index in [0.717, 1.165) is 0 Å². The lowest BCUT2D eigenvalue weighted by molar-refractivity contribution is -0.115. The molecule has 2 unspecified atom stereocenters. The number of hydrogen-bond donors (Lipinski definition) is 4. The molecule has 0 spiro atoms. The standard InChI is InChI=1S/C24H28N6O2S/c1-4-16(8-10-27-2)20(15-33)22(26)24(31)23(21(25)12-17-7-5-6-9-29-17)30-18-11-19(32-3)14-28-13-18/h4-11,13-15,17,23,25,29-30H,1,12,26H2,2-3H3/b16-8+,22-20?,25-21?,27-10?. The SMILES string of the molecule is C=C/C(=C\C=NC)C(C=S)=C(N)C(=O)C(Nc1cncc(OC)c1)C(=N)CC1C=CC=CN1. The summed E-state index contributed by atoms with van der Waals surface area (Å²) >= 11 is 5.13. The second-order valence-corrected chi connectivity index (χ2v) is 7.22. The van der Waals surface area contributed by atoms with Gasteiger partial charge in [0.15, 0.2) is 0 Å². The third kappa shape index (κ3) is 7.08. The lowest BCUT2D eigenvalue weighted by atomic mass is 9.94. The summed E-state index contributed by atoms with van der Waals surface area (Å²) in [6, 6.07) is 0.521. The smallest absolute Gasteiger partial charge is 0.207 e. The molecule has 1 aliphatic heterocycles. The number of thiocarbonyl (C=S) groups is 1. The zero-order valence-corrected chi connectivity index (χ0v) is 19.4. The molecule has 0 aromatic carbocycles. The first kappa shape index (κ1) is 25.4. The number of Topliss-reactive ketones (excluding diaryl/α,β-unsaturated/α-hetero) is 1. The van der Waals surface area contributed by atoms with Gasteiger partial charge in [-0.15, -0.1) is 0 Å². The molecule has 8 nitrogen and oxygen atoms in total. The van der Waals surface area contributed by atoms with Crippen LogP contribution < -0.4 is 21.1 Å². The fraction of sp³-hybridized carbons (Fsp3) is 0.208. The van der Waals surface area contributed by atoms with Gasteiger partial charge in [-0.2, -0.15) is 0 Å². The highest BCUT2D eigenvalue weighted by molar-refractivity contribution is 7.79. The van der Waals surface area contributed by atoms with Crippen molar-refractivity contribution in [2.75, 3.05) is 19.5 Å². The van der Waals surface area contributed by atoms with Gasteiger partial charge in [0.05, 0.1) is 30.9 Å². The Labute approximate surface area is 199 Å². The van der Waals surface area contributed by atoms with Crippen LogP contribution in [-0.2, 0) is 4.79 Å². The van der Waals surface area contributed by atoms with Crippen LogP contribution in [0.3, 0.4) is 0 Å². The van der Waals surface area contributed by atoms with Gasteiger partial charge >= 0.3 is 0 Å². The molecule has 2 atom stereocenters. The van der Waals surface area contributed by atoms with Crippen molar-refractivity contribution in [3.8, 4) is 5.75 Å². The molecule has 0 bridgehead atoms. The Morgan fingerprint density at radius 2 is 2.27 bits per heavy atom. The van der Waals surface area contributed by atoms with Crippen LogP contribution in [0.5, 0.6) is 5.75 Å². The number of aliphatic imine (C=N–C) groups is 1. The van der Waals surface area contributed by atoms with E-state index in [-0.39, 0.29) is 23.9 Å². The van der Waals surface area contributed by atoms with Gasteiger partial charge in [0, 0.05) is 48.4 Å². The van der Waals surface area contributed by atoms with Gasteiger partial charge in [0.25, 0.3) is 0 Å². The van der Waals surface area contributed by atoms with E-state index >= 15 is 0 Å². The minimum absolute atomic E-state index is 0.0780. The van der Waals surface area contributed by atoms with E-state index in [1.807, 2.05) is 18.2 Å². The number of anilines is 1. The maximum absolute atomic E-state index is 13.5. The lowest BCUT2D eigenvalue weighted by Gasteiger charge is -2.24. The summed E-state index contributed by atoms with van der Waals surface area (Å²) in [6.07, 6.45) is 15.6. The Kier molecular flexibility index (Phi) is 9.91. The van der Waals surface area contributed by atoms with Crippen LogP contribution in [0.2, 0.25) is 0 Å². The van der Waals surface area contributed by atoms with E-state index in [9.17, 15) is 4.79 Å². The number of hydrogen-bond acceptors (Lipinski definition) is 9. The number of dihydropyridines is 1. The van der Waals surface area contributed by atoms with Crippen molar-refractivity contribution in [3.63, 3.8) is 0 Å². The minimum atomic E-state index is -1.05. The van der Waals surface area contributed by atoms with E-state index in [2.05, 4.69) is 27.2 Å². The van der Waals surface area contributed by atoms with Crippen LogP contribution in [0.25, 0.3) is 0 Å². The minimum Gasteiger partial charge on any atom is -0.495 e. The number of nitrogens with one attached hydrogen (secondary N) is 3. The molecule has 2 rings (SSSR count). The first-order chi connectivity index (χ1) is 15.9. The molecule has 0 radical (unpaired) electrons. The van der Waals surface area contributed by atoms with Crippen molar-refractivity contribution in [2.24, 2.45) is 10.7 Å². The quantitative estimate of drug-likeness (QED) is 0.162. The Hall–Kier alpha value is -3.85. The van der Waals surface area contributed by atoms with Crippen molar-refractivity contribution in [1.82, 2.24) is 10.3 Å². The molecule has 172 valence electrons. The van der Waals surface area contributed by atoms with Crippen LogP contribution in [0.15, 0.2) is 83.5 Å². The summed E-state index contributed by atoms with van der Waals surface area (Å²) in [5.74, 6) is 0.0222. The maximum Gasteiger partial charge on any atom is 0.207 e. The fourth-order valence-electron chi connectivity index (χ4n) is 3.06.